The zero-order valence-corrected chi connectivity index (χ0v) is 14.8. The molecule has 130 valence electrons. The minimum atomic E-state index is -0.345. The van der Waals surface area contributed by atoms with E-state index in [9.17, 15) is 9.65 Å². The van der Waals surface area contributed by atoms with Crippen LogP contribution in [0.4, 0.5) is 15.8 Å². The molecular formula is C24H17FN2. The van der Waals surface area contributed by atoms with Crippen molar-refractivity contribution in [2.24, 2.45) is 0 Å². The monoisotopic (exact) mass is 352 g/mol. The second-order valence-corrected chi connectivity index (χ2v) is 6.51. The Hall–Kier alpha value is -3.64. The number of nitrogens with zero attached hydrogens (tertiary/aromatic N) is 1. The molecule has 0 bridgehead atoms. The minimum absolute atomic E-state index is 0.345. The normalized spacial score (nSPS) is 10.6. The van der Waals surface area contributed by atoms with Gasteiger partial charge >= 0.3 is 0 Å². The van der Waals surface area contributed by atoms with Crippen LogP contribution in [0.3, 0.4) is 0 Å². The molecule has 4 aromatic carbocycles. The highest BCUT2D eigenvalue weighted by Crippen LogP contribution is 2.33. The van der Waals surface area contributed by atoms with Gasteiger partial charge in [-0.3, -0.25) is 0 Å². The molecule has 0 atom stereocenters. The lowest BCUT2D eigenvalue weighted by atomic mass is 9.98. The first-order chi connectivity index (χ1) is 13.2. The van der Waals surface area contributed by atoms with Gasteiger partial charge in [-0.15, -0.1) is 0 Å². The van der Waals surface area contributed by atoms with Crippen LogP contribution in [0.1, 0.15) is 11.1 Å². The van der Waals surface area contributed by atoms with Crippen LogP contribution in [-0.2, 0) is 0 Å². The van der Waals surface area contributed by atoms with Gasteiger partial charge in [-0.25, -0.2) is 4.39 Å². The maximum Gasteiger partial charge on any atom is 0.146 e. The Morgan fingerprint density at radius 3 is 2.44 bits per heavy atom. The van der Waals surface area contributed by atoms with Crippen LogP contribution >= 0.6 is 0 Å². The highest BCUT2D eigenvalue weighted by molar-refractivity contribution is 6.00. The summed E-state index contributed by atoms with van der Waals surface area (Å²) in [7, 11) is 0. The number of fused-ring (bicyclic) bond motifs is 1. The summed E-state index contributed by atoms with van der Waals surface area (Å²) in [5, 5.41) is 14.5. The summed E-state index contributed by atoms with van der Waals surface area (Å²) in [5.41, 5.74) is 4.65. The van der Waals surface area contributed by atoms with Gasteiger partial charge in [0.15, 0.2) is 0 Å². The van der Waals surface area contributed by atoms with E-state index in [2.05, 4.69) is 29.6 Å². The molecule has 0 spiro atoms. The van der Waals surface area contributed by atoms with Gasteiger partial charge in [0, 0.05) is 5.39 Å². The number of benzene rings is 4. The van der Waals surface area contributed by atoms with E-state index in [4.69, 9.17) is 0 Å². The standard InChI is InChI=1S/C24H17FN2/c1-16-7-12-22(25)23(13-16)27-24-20(15-26)9-8-19-14-18(10-11-21(19)24)17-5-3-2-4-6-17/h2-14,27H,1H3. The Balaban J connectivity index is 1.86. The van der Waals surface area contributed by atoms with Crippen molar-refractivity contribution < 1.29 is 4.39 Å². The molecule has 0 aliphatic heterocycles. The molecule has 27 heavy (non-hydrogen) atoms. The molecule has 0 saturated heterocycles. The van der Waals surface area contributed by atoms with Crippen molar-refractivity contribution in [2.45, 2.75) is 6.92 Å². The van der Waals surface area contributed by atoms with Crippen LogP contribution in [-0.4, -0.2) is 0 Å². The fraction of sp³-hybridized carbons (Fsp3) is 0.0417. The summed E-state index contributed by atoms with van der Waals surface area (Å²) < 4.78 is 14.2. The van der Waals surface area contributed by atoms with Crippen molar-refractivity contribution in [3.63, 3.8) is 0 Å². The van der Waals surface area contributed by atoms with Crippen molar-refractivity contribution in [1.82, 2.24) is 0 Å². The molecule has 0 aliphatic rings. The van der Waals surface area contributed by atoms with Gasteiger partial charge < -0.3 is 5.32 Å². The summed E-state index contributed by atoms with van der Waals surface area (Å²) in [5.74, 6) is -0.345. The van der Waals surface area contributed by atoms with Gasteiger partial charge in [-0.1, -0.05) is 54.6 Å². The molecular weight excluding hydrogens is 335 g/mol. The summed E-state index contributed by atoms with van der Waals surface area (Å²) in [6, 6.07) is 27.0. The molecule has 0 unspecified atom stereocenters. The molecule has 2 nitrogen and oxygen atoms in total. The molecule has 4 aromatic rings. The zero-order chi connectivity index (χ0) is 18.8. The van der Waals surface area contributed by atoms with Gasteiger partial charge in [0.05, 0.1) is 16.9 Å². The third kappa shape index (κ3) is 3.26. The van der Waals surface area contributed by atoms with Gasteiger partial charge in [0.2, 0.25) is 0 Å². The van der Waals surface area contributed by atoms with E-state index in [-0.39, 0.29) is 5.82 Å². The van der Waals surface area contributed by atoms with Crippen molar-refractivity contribution in [3.8, 4) is 17.2 Å². The first-order valence-electron chi connectivity index (χ1n) is 8.71. The molecule has 0 aromatic heterocycles. The van der Waals surface area contributed by atoms with Crippen molar-refractivity contribution in [2.75, 3.05) is 5.32 Å². The van der Waals surface area contributed by atoms with Gasteiger partial charge in [0.25, 0.3) is 0 Å². The first-order valence-corrected chi connectivity index (χ1v) is 8.71. The summed E-state index contributed by atoms with van der Waals surface area (Å²) >= 11 is 0. The smallest absolute Gasteiger partial charge is 0.146 e. The van der Waals surface area contributed by atoms with Crippen molar-refractivity contribution in [3.05, 3.63) is 95.8 Å². The second-order valence-electron chi connectivity index (χ2n) is 6.51. The third-order valence-electron chi connectivity index (χ3n) is 4.63. The van der Waals surface area contributed by atoms with Crippen LogP contribution in [0.25, 0.3) is 21.9 Å². The van der Waals surface area contributed by atoms with Crippen LogP contribution in [0.15, 0.2) is 78.9 Å². The maximum atomic E-state index is 14.2. The predicted molar refractivity (Wildman–Crippen MR) is 109 cm³/mol. The van der Waals surface area contributed by atoms with E-state index >= 15 is 0 Å². The van der Waals surface area contributed by atoms with E-state index in [1.807, 2.05) is 43.3 Å². The fourth-order valence-electron chi connectivity index (χ4n) is 3.24. The topological polar surface area (TPSA) is 35.8 Å². The largest absolute Gasteiger partial charge is 0.352 e. The summed E-state index contributed by atoms with van der Waals surface area (Å²) in [6.45, 7) is 1.91. The number of aryl methyl sites for hydroxylation is 1. The lowest BCUT2D eigenvalue weighted by Gasteiger charge is -2.14. The number of nitriles is 1. The molecule has 0 heterocycles. The number of nitrogens with one attached hydrogen (secondary N) is 1. The van der Waals surface area contributed by atoms with Crippen LogP contribution in [0.2, 0.25) is 0 Å². The molecule has 0 amide bonds. The van der Waals surface area contributed by atoms with E-state index in [1.165, 1.54) is 6.07 Å². The Morgan fingerprint density at radius 1 is 0.852 bits per heavy atom. The minimum Gasteiger partial charge on any atom is -0.352 e. The summed E-state index contributed by atoms with van der Waals surface area (Å²) in [4.78, 5) is 0. The van der Waals surface area contributed by atoms with Crippen LogP contribution in [0.5, 0.6) is 0 Å². The average Bonchev–Trinajstić information content (AvgIpc) is 2.71. The Labute approximate surface area is 157 Å². The van der Waals surface area contributed by atoms with Crippen LogP contribution in [0, 0.1) is 24.1 Å². The Kier molecular flexibility index (Phi) is 4.32. The average molecular weight is 352 g/mol. The summed E-state index contributed by atoms with van der Waals surface area (Å²) in [6.07, 6.45) is 0. The second kappa shape index (κ2) is 6.93. The molecule has 4 rings (SSSR count). The molecule has 0 fully saturated rings. The molecule has 0 aliphatic carbocycles. The lowest BCUT2D eigenvalue weighted by Crippen LogP contribution is -1.98. The Morgan fingerprint density at radius 2 is 1.67 bits per heavy atom. The number of hydrogen-bond donors (Lipinski definition) is 1. The van der Waals surface area contributed by atoms with E-state index < -0.39 is 0 Å². The highest BCUT2D eigenvalue weighted by atomic mass is 19.1. The molecule has 3 heteroatoms. The van der Waals surface area contributed by atoms with Gasteiger partial charge in [0.1, 0.15) is 11.9 Å². The number of rotatable bonds is 3. The third-order valence-corrected chi connectivity index (χ3v) is 4.63. The Bertz CT molecular complexity index is 1170. The molecule has 0 radical (unpaired) electrons. The predicted octanol–water partition coefficient (Wildman–Crippen LogP) is 6.57. The molecule has 1 N–H and O–H groups in total. The van der Waals surface area contributed by atoms with E-state index in [0.29, 0.717) is 16.9 Å². The van der Waals surface area contributed by atoms with E-state index in [1.54, 1.807) is 18.2 Å². The number of hydrogen-bond acceptors (Lipinski definition) is 2. The number of anilines is 2. The SMILES string of the molecule is Cc1ccc(F)c(Nc2c(C#N)ccc3cc(-c4ccccc4)ccc23)c1. The van der Waals surface area contributed by atoms with Gasteiger partial charge in [-0.05, 0) is 53.3 Å². The van der Waals surface area contributed by atoms with Crippen LogP contribution < -0.4 is 5.32 Å². The van der Waals surface area contributed by atoms with Crippen molar-refractivity contribution in [1.29, 1.82) is 5.26 Å². The first kappa shape index (κ1) is 16.8. The fourth-order valence-corrected chi connectivity index (χ4v) is 3.24. The maximum absolute atomic E-state index is 14.2. The van der Waals surface area contributed by atoms with Crippen molar-refractivity contribution >= 4 is 22.1 Å². The molecule has 0 saturated carbocycles. The quantitative estimate of drug-likeness (QED) is 0.452. The van der Waals surface area contributed by atoms with Gasteiger partial charge in [-0.2, -0.15) is 5.26 Å². The lowest BCUT2D eigenvalue weighted by molar-refractivity contribution is 0.631. The number of halogens is 1. The highest BCUT2D eigenvalue weighted by Gasteiger charge is 2.11. The van der Waals surface area contributed by atoms with E-state index in [0.717, 1.165) is 27.5 Å². The zero-order valence-electron chi connectivity index (χ0n) is 14.8.